The Kier molecular flexibility index (Phi) is 6.36. The van der Waals surface area contributed by atoms with Gasteiger partial charge in [0.15, 0.2) is 0 Å². The molecule has 0 unspecified atom stereocenters. The van der Waals surface area contributed by atoms with E-state index in [1.165, 1.54) is 109 Å². The second-order valence-corrected chi connectivity index (χ2v) is 15.1. The molecule has 11 aromatic rings. The molecule has 0 aromatic heterocycles. The van der Waals surface area contributed by atoms with Crippen LogP contribution in [-0.4, -0.2) is 0 Å². The molecule has 254 valence electrons. The highest BCUT2D eigenvalue weighted by atomic mass is 14.5. The summed E-state index contributed by atoms with van der Waals surface area (Å²) in [6, 6.07) is 77.4. The molecular formula is C55H34. The van der Waals surface area contributed by atoms with Gasteiger partial charge in [-0.25, -0.2) is 0 Å². The summed E-state index contributed by atoms with van der Waals surface area (Å²) in [7, 11) is 0. The van der Waals surface area contributed by atoms with E-state index in [0.29, 0.717) is 0 Å². The van der Waals surface area contributed by atoms with Crippen molar-refractivity contribution in [2.24, 2.45) is 0 Å². The largest absolute Gasteiger partial charge is 0.0714 e. The van der Waals surface area contributed by atoms with E-state index in [1.54, 1.807) is 0 Å². The lowest BCUT2D eigenvalue weighted by Crippen LogP contribution is -2.28. The molecular weight excluding hydrogens is 661 g/mol. The van der Waals surface area contributed by atoms with Crippen LogP contribution in [0, 0.1) is 0 Å². The standard InChI is InChI=1S/C55H34/c1-3-18-41(19-4-1)55(42-20-5-2-6-21-42)49-33-40(44-30-27-38-26-25-36-16-11-17-37-28-31-47(44)52(38)51(36)37)29-32-48(49)54-50(55)34-39-14-8-10-23-45(39)53(54)46-24-12-15-35-13-7-9-22-43(35)46/h1-34H. The summed E-state index contributed by atoms with van der Waals surface area (Å²) >= 11 is 0. The quantitative estimate of drug-likeness (QED) is 0.161. The van der Waals surface area contributed by atoms with Crippen molar-refractivity contribution < 1.29 is 0 Å². The first-order valence-corrected chi connectivity index (χ1v) is 19.3. The Morgan fingerprint density at radius 3 is 1.60 bits per heavy atom. The van der Waals surface area contributed by atoms with Crippen LogP contribution in [0.1, 0.15) is 22.3 Å². The maximum absolute atomic E-state index is 2.53. The normalized spacial score (nSPS) is 13.2. The van der Waals surface area contributed by atoms with E-state index in [-0.39, 0.29) is 0 Å². The molecule has 1 aliphatic rings. The molecule has 0 saturated carbocycles. The zero-order valence-electron chi connectivity index (χ0n) is 30.1. The molecule has 0 saturated heterocycles. The number of rotatable bonds is 4. The third kappa shape index (κ3) is 4.17. The smallest absolute Gasteiger partial charge is 0.0622 e. The van der Waals surface area contributed by atoms with Crippen molar-refractivity contribution in [1.29, 1.82) is 0 Å². The highest BCUT2D eigenvalue weighted by Gasteiger charge is 2.47. The Bertz CT molecular complexity index is 3240. The monoisotopic (exact) mass is 694 g/mol. The number of hydrogen-bond acceptors (Lipinski definition) is 0. The third-order valence-electron chi connectivity index (χ3n) is 12.5. The van der Waals surface area contributed by atoms with Gasteiger partial charge in [-0.15, -0.1) is 0 Å². The predicted molar refractivity (Wildman–Crippen MR) is 233 cm³/mol. The van der Waals surface area contributed by atoms with E-state index in [1.807, 2.05) is 0 Å². The van der Waals surface area contributed by atoms with Crippen LogP contribution in [0.4, 0.5) is 0 Å². The Balaban J connectivity index is 1.24. The van der Waals surface area contributed by atoms with Crippen LogP contribution in [0.3, 0.4) is 0 Å². The molecule has 0 heterocycles. The molecule has 0 radical (unpaired) electrons. The molecule has 11 aromatic carbocycles. The summed E-state index contributed by atoms with van der Waals surface area (Å²) in [5.74, 6) is 0. The van der Waals surface area contributed by atoms with E-state index < -0.39 is 5.41 Å². The number of benzene rings is 11. The maximum Gasteiger partial charge on any atom is 0.0714 e. The van der Waals surface area contributed by atoms with Crippen LogP contribution >= 0.6 is 0 Å². The van der Waals surface area contributed by atoms with Gasteiger partial charge in [0.1, 0.15) is 0 Å². The van der Waals surface area contributed by atoms with Crippen molar-refractivity contribution in [3.63, 3.8) is 0 Å². The summed E-state index contributed by atoms with van der Waals surface area (Å²) in [5.41, 5.74) is 12.3. The molecule has 0 fully saturated rings. The first-order valence-electron chi connectivity index (χ1n) is 19.3. The van der Waals surface area contributed by atoms with Crippen molar-refractivity contribution >= 4 is 53.9 Å². The van der Waals surface area contributed by atoms with E-state index in [2.05, 4.69) is 206 Å². The van der Waals surface area contributed by atoms with Crippen LogP contribution in [0.15, 0.2) is 206 Å². The highest BCUT2D eigenvalue weighted by molar-refractivity contribution is 6.25. The second-order valence-electron chi connectivity index (χ2n) is 15.1. The van der Waals surface area contributed by atoms with Gasteiger partial charge in [-0.05, 0) is 122 Å². The van der Waals surface area contributed by atoms with Crippen LogP contribution in [0.25, 0.3) is 87.2 Å². The average Bonchev–Trinajstić information content (AvgIpc) is 3.55. The molecule has 0 heteroatoms. The Morgan fingerprint density at radius 1 is 0.273 bits per heavy atom. The molecule has 0 atom stereocenters. The molecule has 0 bridgehead atoms. The Morgan fingerprint density at radius 2 is 0.836 bits per heavy atom. The van der Waals surface area contributed by atoms with Gasteiger partial charge in [-0.1, -0.05) is 194 Å². The molecule has 0 aliphatic heterocycles. The highest BCUT2D eigenvalue weighted by Crippen LogP contribution is 2.60. The molecule has 12 rings (SSSR count). The van der Waals surface area contributed by atoms with Gasteiger partial charge in [-0.3, -0.25) is 0 Å². The third-order valence-corrected chi connectivity index (χ3v) is 12.5. The first-order chi connectivity index (χ1) is 27.3. The molecule has 55 heavy (non-hydrogen) atoms. The zero-order valence-corrected chi connectivity index (χ0v) is 30.1. The van der Waals surface area contributed by atoms with Gasteiger partial charge < -0.3 is 0 Å². The summed E-state index contributed by atoms with van der Waals surface area (Å²) < 4.78 is 0. The van der Waals surface area contributed by atoms with Gasteiger partial charge in [0, 0.05) is 0 Å². The minimum atomic E-state index is -0.559. The molecule has 0 nitrogen and oxygen atoms in total. The summed E-state index contributed by atoms with van der Waals surface area (Å²) in [6.45, 7) is 0. The topological polar surface area (TPSA) is 0 Å². The second kappa shape index (κ2) is 11.5. The van der Waals surface area contributed by atoms with E-state index >= 15 is 0 Å². The van der Waals surface area contributed by atoms with E-state index in [9.17, 15) is 0 Å². The van der Waals surface area contributed by atoms with Crippen LogP contribution < -0.4 is 0 Å². The van der Waals surface area contributed by atoms with Crippen LogP contribution in [0.2, 0.25) is 0 Å². The molecule has 1 aliphatic carbocycles. The van der Waals surface area contributed by atoms with Gasteiger partial charge in [0.25, 0.3) is 0 Å². The average molecular weight is 695 g/mol. The maximum atomic E-state index is 2.53. The van der Waals surface area contributed by atoms with E-state index in [4.69, 9.17) is 0 Å². The van der Waals surface area contributed by atoms with Crippen LogP contribution in [0.5, 0.6) is 0 Å². The minimum absolute atomic E-state index is 0.559. The number of hydrogen-bond donors (Lipinski definition) is 0. The van der Waals surface area contributed by atoms with Crippen molar-refractivity contribution in [1.82, 2.24) is 0 Å². The number of fused-ring (bicyclic) bond motifs is 5. The van der Waals surface area contributed by atoms with Crippen molar-refractivity contribution in [2.75, 3.05) is 0 Å². The fraction of sp³-hybridized carbons (Fsp3) is 0.0182. The van der Waals surface area contributed by atoms with Gasteiger partial charge in [0.2, 0.25) is 0 Å². The Labute approximate surface area is 319 Å². The first kappa shape index (κ1) is 30.4. The lowest BCUT2D eigenvalue weighted by atomic mass is 9.67. The van der Waals surface area contributed by atoms with Gasteiger partial charge in [0.05, 0.1) is 5.41 Å². The summed E-state index contributed by atoms with van der Waals surface area (Å²) in [4.78, 5) is 0. The van der Waals surface area contributed by atoms with Crippen molar-refractivity contribution in [3.8, 4) is 33.4 Å². The minimum Gasteiger partial charge on any atom is -0.0622 e. The molecule has 0 spiro atoms. The molecule has 0 N–H and O–H groups in total. The summed E-state index contributed by atoms with van der Waals surface area (Å²) in [5, 5.41) is 12.9. The molecule has 0 amide bonds. The van der Waals surface area contributed by atoms with Crippen molar-refractivity contribution in [2.45, 2.75) is 5.41 Å². The van der Waals surface area contributed by atoms with Gasteiger partial charge >= 0.3 is 0 Å². The predicted octanol–water partition coefficient (Wildman–Crippen LogP) is 14.6. The fourth-order valence-corrected chi connectivity index (χ4v) is 10.2. The van der Waals surface area contributed by atoms with Gasteiger partial charge in [-0.2, -0.15) is 0 Å². The van der Waals surface area contributed by atoms with E-state index in [0.717, 1.165) is 0 Å². The lowest BCUT2D eigenvalue weighted by Gasteiger charge is -2.34. The SMILES string of the molecule is c1ccc(C2(c3ccccc3)c3cc(-c4ccc5ccc6cccc7ccc4c5c67)ccc3-c3c2cc2ccccc2c3-c2cccc3ccccc23)cc1. The zero-order chi connectivity index (χ0) is 36.1. The fourth-order valence-electron chi connectivity index (χ4n) is 10.2. The van der Waals surface area contributed by atoms with Crippen molar-refractivity contribution in [3.05, 3.63) is 229 Å². The Hall–Kier alpha value is -7.02. The van der Waals surface area contributed by atoms with Crippen LogP contribution in [-0.2, 0) is 5.41 Å². The summed E-state index contributed by atoms with van der Waals surface area (Å²) in [6.07, 6.45) is 0. The lowest BCUT2D eigenvalue weighted by molar-refractivity contribution is 0.770.